The van der Waals surface area contributed by atoms with Crippen molar-refractivity contribution in [1.82, 2.24) is 5.32 Å². The first-order valence-electron chi connectivity index (χ1n) is 7.12. The van der Waals surface area contributed by atoms with Gasteiger partial charge in [0.05, 0.1) is 18.7 Å². The van der Waals surface area contributed by atoms with Crippen molar-refractivity contribution in [3.63, 3.8) is 0 Å². The van der Waals surface area contributed by atoms with Gasteiger partial charge in [-0.05, 0) is 42.8 Å². The minimum atomic E-state index is -0.146. The Morgan fingerprint density at radius 3 is 2.48 bits per heavy atom. The van der Waals surface area contributed by atoms with Crippen molar-refractivity contribution in [3.8, 4) is 5.75 Å². The summed E-state index contributed by atoms with van der Waals surface area (Å²) >= 11 is 11.9. The number of methoxy groups -OCH3 is 1. The van der Waals surface area contributed by atoms with Gasteiger partial charge in [0.2, 0.25) is 5.91 Å². The van der Waals surface area contributed by atoms with Gasteiger partial charge in [-0.2, -0.15) is 0 Å². The van der Waals surface area contributed by atoms with E-state index < -0.39 is 0 Å². The van der Waals surface area contributed by atoms with Crippen LogP contribution in [0.3, 0.4) is 0 Å². The predicted octanol–water partition coefficient (Wildman–Crippen LogP) is 4.29. The highest BCUT2D eigenvalue weighted by molar-refractivity contribution is 6.32. The molecule has 2 aromatic rings. The van der Waals surface area contributed by atoms with Crippen molar-refractivity contribution in [2.75, 3.05) is 19.0 Å². The normalized spacial score (nSPS) is 11.8. The topological polar surface area (TPSA) is 50.4 Å². The Morgan fingerprint density at radius 2 is 1.87 bits per heavy atom. The minimum Gasteiger partial charge on any atom is -0.495 e. The zero-order chi connectivity index (χ0) is 16.8. The summed E-state index contributed by atoms with van der Waals surface area (Å²) < 4.78 is 5.07. The van der Waals surface area contributed by atoms with E-state index in [1.54, 1.807) is 25.3 Å². The molecule has 6 heteroatoms. The molecule has 0 saturated heterocycles. The quantitative estimate of drug-likeness (QED) is 0.815. The van der Waals surface area contributed by atoms with Crippen molar-refractivity contribution in [1.29, 1.82) is 0 Å². The molecular weight excluding hydrogens is 335 g/mol. The van der Waals surface area contributed by atoms with Crippen molar-refractivity contribution >= 4 is 34.8 Å². The average molecular weight is 353 g/mol. The van der Waals surface area contributed by atoms with Crippen molar-refractivity contribution in [3.05, 3.63) is 58.1 Å². The van der Waals surface area contributed by atoms with Gasteiger partial charge >= 0.3 is 0 Å². The molecule has 1 atom stereocenters. The van der Waals surface area contributed by atoms with E-state index in [1.807, 2.05) is 31.2 Å². The van der Waals surface area contributed by atoms with Crippen LogP contribution >= 0.6 is 23.2 Å². The molecule has 0 aliphatic heterocycles. The monoisotopic (exact) mass is 352 g/mol. The fraction of sp³-hybridized carbons (Fsp3) is 0.235. The summed E-state index contributed by atoms with van der Waals surface area (Å²) in [6.07, 6.45) is 0. The lowest BCUT2D eigenvalue weighted by molar-refractivity contribution is -0.115. The molecule has 0 radical (unpaired) electrons. The zero-order valence-electron chi connectivity index (χ0n) is 12.9. The number of rotatable bonds is 6. The second kappa shape index (κ2) is 8.20. The van der Waals surface area contributed by atoms with Crippen LogP contribution in [-0.4, -0.2) is 19.6 Å². The molecule has 0 aliphatic rings. The first-order valence-corrected chi connectivity index (χ1v) is 7.87. The van der Waals surface area contributed by atoms with Gasteiger partial charge < -0.3 is 15.4 Å². The van der Waals surface area contributed by atoms with Gasteiger partial charge in [-0.25, -0.2) is 0 Å². The summed E-state index contributed by atoms with van der Waals surface area (Å²) in [7, 11) is 1.54. The van der Waals surface area contributed by atoms with Crippen LogP contribution in [0.1, 0.15) is 18.5 Å². The van der Waals surface area contributed by atoms with E-state index in [2.05, 4.69) is 10.6 Å². The fourth-order valence-electron chi connectivity index (χ4n) is 2.06. The largest absolute Gasteiger partial charge is 0.495 e. The third kappa shape index (κ3) is 5.13. The zero-order valence-corrected chi connectivity index (χ0v) is 14.4. The number of anilines is 1. The van der Waals surface area contributed by atoms with Gasteiger partial charge in [0, 0.05) is 16.8 Å². The Morgan fingerprint density at radius 1 is 1.17 bits per heavy atom. The summed E-state index contributed by atoms with van der Waals surface area (Å²) in [4.78, 5) is 12.0. The molecule has 0 unspecified atom stereocenters. The smallest absolute Gasteiger partial charge is 0.238 e. The summed E-state index contributed by atoms with van der Waals surface area (Å²) in [6.45, 7) is 2.17. The molecule has 0 aromatic heterocycles. The summed E-state index contributed by atoms with van der Waals surface area (Å²) in [5, 5.41) is 7.09. The number of carbonyl (C=O) groups is 1. The molecule has 23 heavy (non-hydrogen) atoms. The molecule has 2 rings (SSSR count). The van der Waals surface area contributed by atoms with Crippen LogP contribution < -0.4 is 15.4 Å². The molecule has 0 fully saturated rings. The van der Waals surface area contributed by atoms with E-state index in [9.17, 15) is 4.79 Å². The summed E-state index contributed by atoms with van der Waals surface area (Å²) in [5.41, 5.74) is 1.69. The molecule has 0 bridgehead atoms. The molecule has 0 heterocycles. The van der Waals surface area contributed by atoms with Gasteiger partial charge in [-0.1, -0.05) is 35.3 Å². The van der Waals surface area contributed by atoms with Crippen LogP contribution in [0.2, 0.25) is 10.0 Å². The van der Waals surface area contributed by atoms with Gasteiger partial charge in [0.15, 0.2) is 0 Å². The molecule has 2 aromatic carbocycles. The maximum absolute atomic E-state index is 12.0. The number of carbonyl (C=O) groups excluding carboxylic acids is 1. The van der Waals surface area contributed by atoms with E-state index >= 15 is 0 Å². The highest BCUT2D eigenvalue weighted by Crippen LogP contribution is 2.27. The highest BCUT2D eigenvalue weighted by Gasteiger charge is 2.09. The van der Waals surface area contributed by atoms with Gasteiger partial charge in [0.25, 0.3) is 0 Å². The Bertz CT molecular complexity index is 675. The average Bonchev–Trinajstić information content (AvgIpc) is 2.53. The number of halogens is 2. The molecule has 4 nitrogen and oxygen atoms in total. The number of hydrogen-bond donors (Lipinski definition) is 2. The van der Waals surface area contributed by atoms with Crippen LogP contribution in [-0.2, 0) is 4.79 Å². The standard InChI is InChI=1S/C17H18Cl2N2O2/c1-11(12-3-5-13(18)6-4-12)20-10-17(22)21-14-7-8-16(23-2)15(19)9-14/h3-9,11,20H,10H2,1-2H3,(H,21,22)/t11-/m0/s1. The van der Waals surface area contributed by atoms with Crippen LogP contribution in [0.5, 0.6) is 5.75 Å². The lowest BCUT2D eigenvalue weighted by atomic mass is 10.1. The summed E-state index contributed by atoms with van der Waals surface area (Å²) in [6, 6.07) is 12.7. The lowest BCUT2D eigenvalue weighted by Gasteiger charge is -2.14. The van der Waals surface area contributed by atoms with Gasteiger partial charge in [0.1, 0.15) is 5.75 Å². The van der Waals surface area contributed by atoms with E-state index in [4.69, 9.17) is 27.9 Å². The maximum atomic E-state index is 12.0. The van der Waals surface area contributed by atoms with Crippen molar-refractivity contribution in [2.45, 2.75) is 13.0 Å². The van der Waals surface area contributed by atoms with Gasteiger partial charge in [-0.15, -0.1) is 0 Å². The number of ether oxygens (including phenoxy) is 1. The minimum absolute atomic E-state index is 0.0393. The van der Waals surface area contributed by atoms with Crippen molar-refractivity contribution in [2.24, 2.45) is 0 Å². The van der Waals surface area contributed by atoms with Gasteiger partial charge in [-0.3, -0.25) is 4.79 Å². The molecular formula is C17H18Cl2N2O2. The second-order valence-electron chi connectivity index (χ2n) is 5.05. The van der Waals surface area contributed by atoms with Crippen LogP contribution in [0.15, 0.2) is 42.5 Å². The maximum Gasteiger partial charge on any atom is 0.238 e. The lowest BCUT2D eigenvalue weighted by Crippen LogP contribution is -2.30. The summed E-state index contributed by atoms with van der Waals surface area (Å²) in [5.74, 6) is 0.422. The molecule has 0 aliphatic carbocycles. The van der Waals surface area contributed by atoms with Crippen molar-refractivity contribution < 1.29 is 9.53 Å². The number of nitrogens with one attached hydrogen (secondary N) is 2. The molecule has 0 spiro atoms. The Kier molecular flexibility index (Phi) is 6.28. The predicted molar refractivity (Wildman–Crippen MR) is 94.5 cm³/mol. The molecule has 122 valence electrons. The first-order chi connectivity index (χ1) is 11.0. The molecule has 1 amide bonds. The van der Waals surface area contributed by atoms with Crippen LogP contribution in [0.25, 0.3) is 0 Å². The van der Waals surface area contributed by atoms with Crippen LogP contribution in [0, 0.1) is 0 Å². The van der Waals surface area contributed by atoms with E-state index in [0.717, 1.165) is 5.56 Å². The second-order valence-corrected chi connectivity index (χ2v) is 5.90. The third-order valence-corrected chi connectivity index (χ3v) is 3.92. The van der Waals surface area contributed by atoms with E-state index in [1.165, 1.54) is 0 Å². The van der Waals surface area contributed by atoms with E-state index in [-0.39, 0.29) is 18.5 Å². The highest BCUT2D eigenvalue weighted by atomic mass is 35.5. The SMILES string of the molecule is COc1ccc(NC(=O)CN[C@@H](C)c2ccc(Cl)cc2)cc1Cl. The van der Waals surface area contributed by atoms with E-state index in [0.29, 0.717) is 21.5 Å². The number of amides is 1. The Hall–Kier alpha value is -1.75. The Labute approximate surface area is 145 Å². The molecule has 2 N–H and O–H groups in total. The third-order valence-electron chi connectivity index (χ3n) is 3.37. The van der Waals surface area contributed by atoms with Crippen LogP contribution in [0.4, 0.5) is 5.69 Å². The fourth-order valence-corrected chi connectivity index (χ4v) is 2.45. The number of hydrogen-bond acceptors (Lipinski definition) is 3. The Balaban J connectivity index is 1.87. The molecule has 0 saturated carbocycles. The first kappa shape index (κ1) is 17.6. The number of benzene rings is 2.